The molecule has 0 bridgehead atoms. The van der Waals surface area contributed by atoms with Crippen LogP contribution in [0, 0.1) is 6.92 Å². The van der Waals surface area contributed by atoms with Gasteiger partial charge in [-0.05, 0) is 13.0 Å². The highest BCUT2D eigenvalue weighted by molar-refractivity contribution is 6.29. The Bertz CT molecular complexity index is 258. The van der Waals surface area contributed by atoms with Crippen LogP contribution in [-0.2, 0) is 0 Å². The molecule has 1 aromatic rings. The first-order chi connectivity index (χ1) is 5.63. The zero-order chi connectivity index (χ0) is 9.14. The maximum Gasteiger partial charge on any atom is 0.135 e. The summed E-state index contributed by atoms with van der Waals surface area (Å²) in [5.41, 5.74) is 0.769. The van der Waals surface area contributed by atoms with Crippen LogP contribution in [-0.4, -0.2) is 16.6 Å². The summed E-state index contributed by atoms with van der Waals surface area (Å²) in [6.07, 6.45) is 0. The lowest BCUT2D eigenvalue weighted by atomic mass is 10.2. The van der Waals surface area contributed by atoms with Gasteiger partial charge in [0.1, 0.15) is 11.0 Å². The van der Waals surface area contributed by atoms with E-state index in [-0.39, 0.29) is 5.92 Å². The van der Waals surface area contributed by atoms with Crippen LogP contribution in [0.25, 0.3) is 0 Å². The smallest absolute Gasteiger partial charge is 0.135 e. The number of aromatic nitrogens is 2. The summed E-state index contributed by atoms with van der Waals surface area (Å²) < 4.78 is 12.2. The average Bonchev–Trinajstić information content (AvgIpc) is 2.01. The van der Waals surface area contributed by atoms with Gasteiger partial charge in [0.05, 0.1) is 6.67 Å². The zero-order valence-corrected chi connectivity index (χ0v) is 7.77. The van der Waals surface area contributed by atoms with Crippen LogP contribution in [0.1, 0.15) is 24.4 Å². The molecular formula is C8H10ClFN2. The third-order valence-corrected chi connectivity index (χ3v) is 1.71. The van der Waals surface area contributed by atoms with Gasteiger partial charge in [0.25, 0.3) is 0 Å². The zero-order valence-electron chi connectivity index (χ0n) is 7.01. The molecule has 0 N–H and O–H groups in total. The van der Waals surface area contributed by atoms with Crippen LogP contribution in [0.4, 0.5) is 4.39 Å². The number of nitrogens with zero attached hydrogens (tertiary/aromatic N) is 2. The molecule has 66 valence electrons. The van der Waals surface area contributed by atoms with E-state index >= 15 is 0 Å². The molecule has 0 fully saturated rings. The number of rotatable bonds is 2. The maximum atomic E-state index is 12.2. The lowest BCUT2D eigenvalue weighted by molar-refractivity contribution is 0.436. The van der Waals surface area contributed by atoms with E-state index in [1.807, 2.05) is 6.92 Å². The van der Waals surface area contributed by atoms with Crippen LogP contribution >= 0.6 is 11.6 Å². The van der Waals surface area contributed by atoms with Crippen molar-refractivity contribution in [2.45, 2.75) is 19.8 Å². The van der Waals surface area contributed by atoms with Gasteiger partial charge in [0.2, 0.25) is 0 Å². The number of halogens is 2. The Morgan fingerprint density at radius 3 is 2.75 bits per heavy atom. The minimum atomic E-state index is -0.459. The van der Waals surface area contributed by atoms with Crippen molar-refractivity contribution in [3.05, 3.63) is 22.7 Å². The monoisotopic (exact) mass is 188 g/mol. The van der Waals surface area contributed by atoms with E-state index in [2.05, 4.69) is 9.97 Å². The largest absolute Gasteiger partial charge is 0.250 e. The maximum absolute atomic E-state index is 12.2. The fourth-order valence-corrected chi connectivity index (χ4v) is 1.09. The van der Waals surface area contributed by atoms with Crippen LogP contribution in [0.2, 0.25) is 5.15 Å². The summed E-state index contributed by atoms with van der Waals surface area (Å²) in [6.45, 7) is 3.08. The number of alkyl halides is 1. The Morgan fingerprint density at radius 1 is 1.58 bits per heavy atom. The lowest BCUT2D eigenvalue weighted by Crippen LogP contribution is -2.03. The summed E-state index contributed by atoms with van der Waals surface area (Å²) >= 11 is 5.68. The fourth-order valence-electron chi connectivity index (χ4n) is 0.841. The molecule has 0 aliphatic heterocycles. The molecule has 12 heavy (non-hydrogen) atoms. The second kappa shape index (κ2) is 3.81. The lowest BCUT2D eigenvalue weighted by Gasteiger charge is -2.05. The van der Waals surface area contributed by atoms with Gasteiger partial charge in [0, 0.05) is 11.6 Å². The normalized spacial score (nSPS) is 13.0. The highest BCUT2D eigenvalue weighted by Crippen LogP contribution is 2.14. The Labute approximate surface area is 75.8 Å². The van der Waals surface area contributed by atoms with Crippen molar-refractivity contribution in [1.82, 2.24) is 9.97 Å². The summed E-state index contributed by atoms with van der Waals surface area (Å²) in [5, 5.41) is 0.373. The first-order valence-corrected chi connectivity index (χ1v) is 4.08. The summed E-state index contributed by atoms with van der Waals surface area (Å²) in [6, 6.07) is 1.65. The third-order valence-electron chi connectivity index (χ3n) is 1.51. The molecule has 0 amide bonds. The molecule has 1 atom stereocenters. The molecule has 0 saturated carbocycles. The van der Waals surface area contributed by atoms with E-state index in [4.69, 9.17) is 11.6 Å². The van der Waals surface area contributed by atoms with Crippen molar-refractivity contribution in [3.63, 3.8) is 0 Å². The number of hydrogen-bond donors (Lipinski definition) is 0. The number of aryl methyl sites for hydroxylation is 1. The molecule has 1 aromatic heterocycles. The second-order valence-electron chi connectivity index (χ2n) is 2.75. The minimum absolute atomic E-state index is 0.276. The molecule has 0 aliphatic carbocycles. The predicted octanol–water partition coefficient (Wildman–Crippen LogP) is 2.51. The van der Waals surface area contributed by atoms with E-state index in [0.717, 1.165) is 5.69 Å². The Hall–Kier alpha value is -0.700. The van der Waals surface area contributed by atoms with E-state index in [1.54, 1.807) is 13.0 Å². The van der Waals surface area contributed by atoms with E-state index < -0.39 is 6.67 Å². The average molecular weight is 189 g/mol. The Balaban J connectivity index is 3.00. The van der Waals surface area contributed by atoms with Gasteiger partial charge in [-0.3, -0.25) is 4.39 Å². The molecule has 0 spiro atoms. The van der Waals surface area contributed by atoms with Crippen molar-refractivity contribution in [1.29, 1.82) is 0 Å². The first-order valence-electron chi connectivity index (χ1n) is 3.70. The van der Waals surface area contributed by atoms with Gasteiger partial charge >= 0.3 is 0 Å². The van der Waals surface area contributed by atoms with Crippen LogP contribution in [0.5, 0.6) is 0 Å². The van der Waals surface area contributed by atoms with E-state index in [1.165, 1.54) is 0 Å². The number of hydrogen-bond acceptors (Lipinski definition) is 2. The van der Waals surface area contributed by atoms with Crippen molar-refractivity contribution in [3.8, 4) is 0 Å². The van der Waals surface area contributed by atoms with Crippen molar-refractivity contribution >= 4 is 11.6 Å². The molecule has 0 saturated heterocycles. The first kappa shape index (κ1) is 9.39. The van der Waals surface area contributed by atoms with Crippen molar-refractivity contribution in [2.24, 2.45) is 0 Å². The van der Waals surface area contributed by atoms with Gasteiger partial charge < -0.3 is 0 Å². The van der Waals surface area contributed by atoms with E-state index in [9.17, 15) is 4.39 Å². The second-order valence-corrected chi connectivity index (χ2v) is 3.13. The molecule has 2 nitrogen and oxygen atoms in total. The Kier molecular flexibility index (Phi) is 2.98. The van der Waals surface area contributed by atoms with Crippen LogP contribution < -0.4 is 0 Å². The van der Waals surface area contributed by atoms with Gasteiger partial charge in [-0.1, -0.05) is 18.5 Å². The van der Waals surface area contributed by atoms with Crippen LogP contribution in [0.3, 0.4) is 0 Å². The van der Waals surface area contributed by atoms with Gasteiger partial charge in [0.15, 0.2) is 0 Å². The third kappa shape index (κ3) is 2.14. The predicted molar refractivity (Wildman–Crippen MR) is 46.2 cm³/mol. The van der Waals surface area contributed by atoms with Gasteiger partial charge in [-0.25, -0.2) is 9.97 Å². The molecule has 0 aromatic carbocycles. The fraction of sp³-hybridized carbons (Fsp3) is 0.500. The minimum Gasteiger partial charge on any atom is -0.250 e. The topological polar surface area (TPSA) is 25.8 Å². The molecule has 0 radical (unpaired) electrons. The molecule has 0 aliphatic rings. The molecule has 1 heterocycles. The standard InChI is InChI=1S/C8H10ClFN2/c1-5(4-10)8-11-6(2)3-7(9)12-8/h3,5H,4H2,1-2H3. The van der Waals surface area contributed by atoms with E-state index in [0.29, 0.717) is 11.0 Å². The SMILES string of the molecule is Cc1cc(Cl)nc(C(C)CF)n1. The molecular weight excluding hydrogens is 179 g/mol. The quantitative estimate of drug-likeness (QED) is 0.667. The van der Waals surface area contributed by atoms with Gasteiger partial charge in [-0.2, -0.15) is 0 Å². The van der Waals surface area contributed by atoms with Crippen molar-refractivity contribution in [2.75, 3.05) is 6.67 Å². The summed E-state index contributed by atoms with van der Waals surface area (Å²) in [7, 11) is 0. The highest BCUT2D eigenvalue weighted by Gasteiger charge is 2.09. The van der Waals surface area contributed by atoms with Gasteiger partial charge in [-0.15, -0.1) is 0 Å². The molecule has 4 heteroatoms. The van der Waals surface area contributed by atoms with Crippen molar-refractivity contribution < 1.29 is 4.39 Å². The summed E-state index contributed by atoms with van der Waals surface area (Å²) in [4.78, 5) is 7.99. The highest BCUT2D eigenvalue weighted by atomic mass is 35.5. The molecule has 1 unspecified atom stereocenters. The van der Waals surface area contributed by atoms with Crippen LogP contribution in [0.15, 0.2) is 6.07 Å². The molecule has 1 rings (SSSR count). The summed E-state index contributed by atoms with van der Waals surface area (Å²) in [5.74, 6) is 0.199. The Morgan fingerprint density at radius 2 is 2.25 bits per heavy atom.